The summed E-state index contributed by atoms with van der Waals surface area (Å²) < 4.78 is 5.09. The lowest BCUT2D eigenvalue weighted by molar-refractivity contribution is 0.102. The molecule has 0 spiro atoms. The zero-order valence-electron chi connectivity index (χ0n) is 13.4. The number of hydrogen-bond donors (Lipinski definition) is 1. The van der Waals surface area contributed by atoms with Crippen molar-refractivity contribution >= 4 is 57.0 Å². The number of halogens is 1. The minimum atomic E-state index is -0.328. The second-order valence-corrected chi connectivity index (χ2v) is 7.74. The lowest BCUT2D eigenvalue weighted by Gasteiger charge is -2.03. The van der Waals surface area contributed by atoms with Crippen LogP contribution in [0.1, 0.15) is 24.6 Å². The Labute approximate surface area is 157 Å². The van der Waals surface area contributed by atoms with Gasteiger partial charge in [-0.1, -0.05) is 22.9 Å². The number of nitrogens with zero attached hydrogens (tertiary/aromatic N) is 2. The number of rotatable bonds is 5. The van der Waals surface area contributed by atoms with Crippen LogP contribution >= 0.6 is 34.3 Å². The van der Waals surface area contributed by atoms with E-state index in [2.05, 4.69) is 15.5 Å². The smallest absolute Gasteiger partial charge is 0.286 e. The second-order valence-electron chi connectivity index (χ2n) is 5.04. The van der Waals surface area contributed by atoms with Crippen molar-refractivity contribution in [2.24, 2.45) is 0 Å². The average Bonchev–Trinajstić information content (AvgIpc) is 3.25. The van der Waals surface area contributed by atoms with E-state index in [-0.39, 0.29) is 10.9 Å². The molecule has 0 saturated carbocycles. The Morgan fingerprint density at radius 1 is 1.12 bits per heavy atom. The van der Waals surface area contributed by atoms with E-state index < -0.39 is 0 Å². The predicted octanol–water partition coefficient (Wildman–Crippen LogP) is 4.91. The number of anilines is 1. The van der Waals surface area contributed by atoms with E-state index in [1.54, 1.807) is 42.7 Å². The molecule has 5 nitrogen and oxygen atoms in total. The number of carbonyl (C=O) groups is 1. The topological polar surface area (TPSA) is 64.1 Å². The monoisotopic (exact) mass is 391 g/mol. The van der Waals surface area contributed by atoms with E-state index >= 15 is 0 Å². The Hall–Kier alpha value is -2.22. The molecular weight excluding hydrogens is 378 g/mol. The van der Waals surface area contributed by atoms with Gasteiger partial charge in [0.1, 0.15) is 5.75 Å². The van der Waals surface area contributed by atoms with Crippen molar-refractivity contribution in [2.45, 2.75) is 6.92 Å². The van der Waals surface area contributed by atoms with Gasteiger partial charge >= 0.3 is 0 Å². The second kappa shape index (κ2) is 7.77. The van der Waals surface area contributed by atoms with Crippen LogP contribution in [-0.4, -0.2) is 23.2 Å². The first-order valence-corrected chi connectivity index (χ1v) is 9.29. The standard InChI is InChI=1S/C17H14ClN3O2S2/c1-10-3-8-13(24-10)9-14(18)16-20-21-17(25-16)15(22)19-11-4-6-12(23-2)7-5-11/h3-9H,1-2H3,(H,19,22). The van der Waals surface area contributed by atoms with Gasteiger partial charge in [0.2, 0.25) is 5.01 Å². The van der Waals surface area contributed by atoms with Crippen molar-refractivity contribution in [3.8, 4) is 5.75 Å². The Bertz CT molecular complexity index is 916. The Morgan fingerprint density at radius 3 is 2.48 bits per heavy atom. The first-order chi connectivity index (χ1) is 12.0. The van der Waals surface area contributed by atoms with Gasteiger partial charge in [-0.05, 0) is 49.4 Å². The minimum absolute atomic E-state index is 0.250. The summed E-state index contributed by atoms with van der Waals surface area (Å²) in [5.41, 5.74) is 0.651. The van der Waals surface area contributed by atoms with Crippen LogP contribution in [0.2, 0.25) is 0 Å². The molecule has 0 radical (unpaired) electrons. The minimum Gasteiger partial charge on any atom is -0.497 e. The van der Waals surface area contributed by atoms with E-state index in [1.165, 1.54) is 4.88 Å². The molecular formula is C17H14ClN3O2S2. The van der Waals surface area contributed by atoms with Gasteiger partial charge in [0.25, 0.3) is 5.91 Å². The first kappa shape index (κ1) is 17.6. The molecule has 0 fully saturated rings. The van der Waals surface area contributed by atoms with Gasteiger partial charge < -0.3 is 10.1 Å². The van der Waals surface area contributed by atoms with Crippen molar-refractivity contribution < 1.29 is 9.53 Å². The zero-order chi connectivity index (χ0) is 17.8. The maximum absolute atomic E-state index is 12.3. The summed E-state index contributed by atoms with van der Waals surface area (Å²) in [5, 5.41) is 11.9. The largest absolute Gasteiger partial charge is 0.497 e. The number of nitrogens with one attached hydrogen (secondary N) is 1. The summed E-state index contributed by atoms with van der Waals surface area (Å²) in [5.74, 6) is 0.391. The molecule has 8 heteroatoms. The first-order valence-electron chi connectivity index (χ1n) is 7.28. The third-order valence-electron chi connectivity index (χ3n) is 3.20. The molecule has 1 aromatic carbocycles. The zero-order valence-corrected chi connectivity index (χ0v) is 15.8. The van der Waals surface area contributed by atoms with Gasteiger partial charge in [-0.3, -0.25) is 4.79 Å². The molecule has 2 heterocycles. The van der Waals surface area contributed by atoms with Crippen molar-refractivity contribution in [2.75, 3.05) is 12.4 Å². The molecule has 0 saturated heterocycles. The van der Waals surface area contributed by atoms with Crippen LogP contribution in [0.4, 0.5) is 5.69 Å². The van der Waals surface area contributed by atoms with Gasteiger partial charge in [0.05, 0.1) is 12.1 Å². The molecule has 3 rings (SSSR count). The molecule has 0 bridgehead atoms. The maximum atomic E-state index is 12.3. The number of methoxy groups -OCH3 is 1. The van der Waals surface area contributed by atoms with Crippen molar-refractivity contribution in [1.82, 2.24) is 10.2 Å². The van der Waals surface area contributed by atoms with E-state index in [9.17, 15) is 4.79 Å². The highest BCUT2D eigenvalue weighted by Gasteiger charge is 2.15. The molecule has 1 N–H and O–H groups in total. The molecule has 3 aromatic rings. The fourth-order valence-electron chi connectivity index (χ4n) is 1.99. The summed E-state index contributed by atoms with van der Waals surface area (Å²) in [7, 11) is 1.59. The average molecular weight is 392 g/mol. The summed E-state index contributed by atoms with van der Waals surface area (Å²) in [6, 6.07) is 11.1. The molecule has 0 aliphatic carbocycles. The SMILES string of the molecule is COc1ccc(NC(=O)c2nnc(C(Cl)=Cc3ccc(C)s3)s2)cc1. The molecule has 0 unspecified atom stereocenters. The van der Waals surface area contributed by atoms with E-state index in [0.717, 1.165) is 22.0 Å². The van der Waals surface area contributed by atoms with Gasteiger partial charge in [0.15, 0.2) is 5.01 Å². The van der Waals surface area contributed by atoms with Crippen LogP contribution in [0.5, 0.6) is 5.75 Å². The summed E-state index contributed by atoms with van der Waals surface area (Å²) in [6.07, 6.45) is 1.82. The number of amides is 1. The fraction of sp³-hybridized carbons (Fsp3) is 0.118. The number of ether oxygens (including phenoxy) is 1. The number of carbonyl (C=O) groups excluding carboxylic acids is 1. The summed E-state index contributed by atoms with van der Waals surface area (Å²) in [4.78, 5) is 14.5. The summed E-state index contributed by atoms with van der Waals surface area (Å²) in [6.45, 7) is 2.03. The van der Waals surface area contributed by atoms with Gasteiger partial charge in [0, 0.05) is 15.4 Å². The van der Waals surface area contributed by atoms with Crippen LogP contribution in [0, 0.1) is 6.92 Å². The quantitative estimate of drug-likeness (QED) is 0.671. The Balaban J connectivity index is 1.71. The lowest BCUT2D eigenvalue weighted by atomic mass is 10.3. The van der Waals surface area contributed by atoms with Gasteiger partial charge in [-0.2, -0.15) is 0 Å². The van der Waals surface area contributed by atoms with Crippen LogP contribution < -0.4 is 10.1 Å². The van der Waals surface area contributed by atoms with Crippen LogP contribution in [0.15, 0.2) is 36.4 Å². The number of aromatic nitrogens is 2. The predicted molar refractivity (Wildman–Crippen MR) is 104 cm³/mol. The number of thiophene rings is 1. The highest BCUT2D eigenvalue weighted by atomic mass is 35.5. The molecule has 1 amide bonds. The molecule has 2 aromatic heterocycles. The van der Waals surface area contributed by atoms with E-state index in [0.29, 0.717) is 15.7 Å². The van der Waals surface area contributed by atoms with Crippen molar-refractivity contribution in [3.05, 3.63) is 56.2 Å². The number of aryl methyl sites for hydroxylation is 1. The third-order valence-corrected chi connectivity index (χ3v) is 5.50. The highest BCUT2D eigenvalue weighted by Crippen LogP contribution is 2.28. The molecule has 0 aliphatic rings. The lowest BCUT2D eigenvalue weighted by Crippen LogP contribution is -2.11. The highest BCUT2D eigenvalue weighted by molar-refractivity contribution is 7.15. The normalized spacial score (nSPS) is 11.4. The van der Waals surface area contributed by atoms with E-state index in [4.69, 9.17) is 16.3 Å². The Morgan fingerprint density at radius 2 is 1.84 bits per heavy atom. The molecule has 0 aliphatic heterocycles. The molecule has 0 atom stereocenters. The third kappa shape index (κ3) is 4.45. The molecule has 128 valence electrons. The summed E-state index contributed by atoms with van der Waals surface area (Å²) >= 11 is 9.07. The van der Waals surface area contributed by atoms with Crippen LogP contribution in [0.25, 0.3) is 11.1 Å². The number of benzene rings is 1. The number of hydrogen-bond acceptors (Lipinski definition) is 6. The van der Waals surface area contributed by atoms with Crippen molar-refractivity contribution in [1.29, 1.82) is 0 Å². The van der Waals surface area contributed by atoms with Gasteiger partial charge in [-0.15, -0.1) is 21.5 Å². The fourth-order valence-corrected chi connectivity index (χ4v) is 3.79. The molecule has 25 heavy (non-hydrogen) atoms. The van der Waals surface area contributed by atoms with E-state index in [1.807, 2.05) is 25.1 Å². The van der Waals surface area contributed by atoms with Crippen LogP contribution in [0.3, 0.4) is 0 Å². The Kier molecular flexibility index (Phi) is 5.47. The van der Waals surface area contributed by atoms with Crippen molar-refractivity contribution in [3.63, 3.8) is 0 Å². The van der Waals surface area contributed by atoms with Gasteiger partial charge in [-0.25, -0.2) is 0 Å². The maximum Gasteiger partial charge on any atom is 0.286 e. The van der Waals surface area contributed by atoms with Crippen LogP contribution in [-0.2, 0) is 0 Å².